The maximum Gasteiger partial charge on any atom is 0.222 e. The zero-order chi connectivity index (χ0) is 12.7. The van der Waals surface area contributed by atoms with Crippen molar-refractivity contribution in [3.05, 3.63) is 0 Å². The Labute approximate surface area is 94.9 Å². The number of amides is 3. The van der Waals surface area contributed by atoms with E-state index < -0.39 is 5.91 Å². The largest absolute Gasteiger partial charge is 0.369 e. The first kappa shape index (κ1) is 14.4. The molecule has 0 saturated heterocycles. The van der Waals surface area contributed by atoms with Crippen LogP contribution in [0.4, 0.5) is 0 Å². The quantitative estimate of drug-likeness (QED) is 0.552. The van der Waals surface area contributed by atoms with Crippen LogP contribution < -0.4 is 16.4 Å². The molecule has 6 heteroatoms. The molecule has 0 aliphatic carbocycles. The second-order valence-electron chi connectivity index (χ2n) is 3.91. The molecule has 0 aromatic heterocycles. The van der Waals surface area contributed by atoms with E-state index in [1.807, 2.05) is 0 Å². The molecule has 0 saturated carbocycles. The van der Waals surface area contributed by atoms with E-state index in [-0.39, 0.29) is 36.7 Å². The highest BCUT2D eigenvalue weighted by Gasteiger charge is 2.12. The van der Waals surface area contributed by atoms with Crippen LogP contribution in [0.5, 0.6) is 0 Å². The van der Waals surface area contributed by atoms with E-state index in [0.717, 1.165) is 0 Å². The van der Waals surface area contributed by atoms with E-state index in [1.165, 1.54) is 6.92 Å². The molecule has 0 radical (unpaired) electrons. The smallest absolute Gasteiger partial charge is 0.222 e. The Balaban J connectivity index is 3.82. The summed E-state index contributed by atoms with van der Waals surface area (Å²) in [5.74, 6) is -1.23. The van der Waals surface area contributed by atoms with E-state index >= 15 is 0 Å². The molecule has 0 aliphatic rings. The molecule has 0 spiro atoms. The molecule has 0 unspecified atom stereocenters. The van der Waals surface area contributed by atoms with Gasteiger partial charge in [-0.3, -0.25) is 14.4 Å². The van der Waals surface area contributed by atoms with Crippen LogP contribution >= 0.6 is 0 Å². The van der Waals surface area contributed by atoms with E-state index in [4.69, 9.17) is 5.73 Å². The molecule has 2 atom stereocenters. The number of hydrogen-bond acceptors (Lipinski definition) is 3. The van der Waals surface area contributed by atoms with Gasteiger partial charge in [0.2, 0.25) is 17.7 Å². The van der Waals surface area contributed by atoms with Crippen LogP contribution in [0.15, 0.2) is 0 Å². The number of nitrogens with two attached hydrogens (primary N) is 1. The zero-order valence-electron chi connectivity index (χ0n) is 9.87. The van der Waals surface area contributed by atoms with Gasteiger partial charge in [0.1, 0.15) is 0 Å². The molecule has 0 aliphatic heterocycles. The lowest BCUT2D eigenvalue weighted by atomic mass is 10.1. The Morgan fingerprint density at radius 3 is 2.25 bits per heavy atom. The van der Waals surface area contributed by atoms with Crippen molar-refractivity contribution in [2.24, 2.45) is 11.7 Å². The third-order valence-electron chi connectivity index (χ3n) is 2.03. The minimum absolute atomic E-state index is 0.175. The van der Waals surface area contributed by atoms with Gasteiger partial charge < -0.3 is 16.4 Å². The van der Waals surface area contributed by atoms with Crippen LogP contribution in [-0.2, 0) is 14.4 Å². The van der Waals surface area contributed by atoms with Crippen molar-refractivity contribution in [1.82, 2.24) is 10.6 Å². The fraction of sp³-hybridized carbons (Fsp3) is 0.700. The molecule has 0 aromatic carbocycles. The van der Waals surface area contributed by atoms with Crippen molar-refractivity contribution in [1.29, 1.82) is 0 Å². The van der Waals surface area contributed by atoms with E-state index in [0.29, 0.717) is 0 Å². The van der Waals surface area contributed by atoms with Gasteiger partial charge in [-0.05, 0) is 6.92 Å². The molecule has 92 valence electrons. The van der Waals surface area contributed by atoms with Crippen LogP contribution in [0.1, 0.15) is 27.2 Å². The molecule has 0 aromatic rings. The molecule has 0 heterocycles. The first-order valence-corrected chi connectivity index (χ1v) is 5.16. The van der Waals surface area contributed by atoms with Crippen molar-refractivity contribution in [3.63, 3.8) is 0 Å². The fourth-order valence-electron chi connectivity index (χ4n) is 1.12. The minimum Gasteiger partial charge on any atom is -0.369 e. The van der Waals surface area contributed by atoms with Crippen molar-refractivity contribution in [2.45, 2.75) is 33.2 Å². The maximum absolute atomic E-state index is 11.3. The summed E-state index contributed by atoms with van der Waals surface area (Å²) in [7, 11) is 0. The van der Waals surface area contributed by atoms with Crippen LogP contribution in [0.25, 0.3) is 0 Å². The average molecular weight is 229 g/mol. The van der Waals surface area contributed by atoms with Crippen LogP contribution in [0.2, 0.25) is 0 Å². The van der Waals surface area contributed by atoms with Crippen molar-refractivity contribution >= 4 is 17.7 Å². The average Bonchev–Trinajstić information content (AvgIpc) is 2.12. The van der Waals surface area contributed by atoms with Gasteiger partial charge in [-0.25, -0.2) is 0 Å². The summed E-state index contributed by atoms with van der Waals surface area (Å²) < 4.78 is 0. The summed E-state index contributed by atoms with van der Waals surface area (Å²) in [6.45, 7) is 4.99. The Morgan fingerprint density at radius 1 is 1.25 bits per heavy atom. The third-order valence-corrected chi connectivity index (χ3v) is 2.03. The van der Waals surface area contributed by atoms with Crippen LogP contribution in [0, 0.1) is 5.92 Å². The monoisotopic (exact) mass is 229 g/mol. The van der Waals surface area contributed by atoms with Crippen LogP contribution in [0.3, 0.4) is 0 Å². The SMILES string of the molecule is CC(=O)N[C@H](C)CC(=O)NC[C@@H](C)C(N)=O. The molecule has 0 fully saturated rings. The topological polar surface area (TPSA) is 101 Å². The number of carbonyl (C=O) groups excluding carboxylic acids is 3. The predicted molar refractivity (Wildman–Crippen MR) is 59.3 cm³/mol. The Bertz CT molecular complexity index is 278. The van der Waals surface area contributed by atoms with Gasteiger partial charge in [-0.15, -0.1) is 0 Å². The second-order valence-corrected chi connectivity index (χ2v) is 3.91. The highest BCUT2D eigenvalue weighted by Crippen LogP contribution is 1.93. The number of hydrogen-bond donors (Lipinski definition) is 3. The van der Waals surface area contributed by atoms with Crippen LogP contribution in [-0.4, -0.2) is 30.3 Å². The third kappa shape index (κ3) is 6.80. The van der Waals surface area contributed by atoms with Crippen molar-refractivity contribution in [3.8, 4) is 0 Å². The summed E-state index contributed by atoms with van der Waals surface area (Å²) in [6, 6.07) is -0.221. The normalized spacial score (nSPS) is 13.7. The molecule has 0 bridgehead atoms. The number of carbonyl (C=O) groups is 3. The highest BCUT2D eigenvalue weighted by molar-refractivity contribution is 5.80. The molecule has 3 amide bonds. The summed E-state index contributed by atoms with van der Waals surface area (Å²) in [6.07, 6.45) is 0.186. The molecule has 16 heavy (non-hydrogen) atoms. The highest BCUT2D eigenvalue weighted by atomic mass is 16.2. The number of primary amides is 1. The summed E-state index contributed by atoms with van der Waals surface area (Å²) in [4.78, 5) is 32.7. The summed E-state index contributed by atoms with van der Waals surface area (Å²) in [5, 5.41) is 5.17. The lowest BCUT2D eigenvalue weighted by Crippen LogP contribution is -2.39. The summed E-state index contributed by atoms with van der Waals surface area (Å²) in [5.41, 5.74) is 5.04. The van der Waals surface area contributed by atoms with Crippen molar-refractivity contribution in [2.75, 3.05) is 6.54 Å². The van der Waals surface area contributed by atoms with E-state index in [9.17, 15) is 14.4 Å². The number of rotatable bonds is 6. The first-order chi connectivity index (χ1) is 7.32. The van der Waals surface area contributed by atoms with Gasteiger partial charge in [0.05, 0.1) is 5.92 Å². The first-order valence-electron chi connectivity index (χ1n) is 5.16. The van der Waals surface area contributed by atoms with Gasteiger partial charge in [0.25, 0.3) is 0 Å². The Hall–Kier alpha value is -1.59. The summed E-state index contributed by atoms with van der Waals surface area (Å²) >= 11 is 0. The number of nitrogens with one attached hydrogen (secondary N) is 2. The second kappa shape index (κ2) is 6.81. The molecule has 0 rings (SSSR count). The van der Waals surface area contributed by atoms with E-state index in [1.54, 1.807) is 13.8 Å². The Morgan fingerprint density at radius 2 is 1.81 bits per heavy atom. The van der Waals surface area contributed by atoms with Crippen molar-refractivity contribution < 1.29 is 14.4 Å². The van der Waals surface area contributed by atoms with Gasteiger partial charge >= 0.3 is 0 Å². The van der Waals surface area contributed by atoms with Gasteiger partial charge in [-0.1, -0.05) is 6.92 Å². The lowest BCUT2D eigenvalue weighted by molar-refractivity contribution is -0.123. The van der Waals surface area contributed by atoms with Gasteiger partial charge in [-0.2, -0.15) is 0 Å². The minimum atomic E-state index is -0.449. The maximum atomic E-state index is 11.3. The predicted octanol–water partition coefficient (Wildman–Crippen LogP) is -0.861. The molecular weight excluding hydrogens is 210 g/mol. The molecule has 4 N–H and O–H groups in total. The fourth-order valence-corrected chi connectivity index (χ4v) is 1.12. The van der Waals surface area contributed by atoms with E-state index in [2.05, 4.69) is 10.6 Å². The molecule has 6 nitrogen and oxygen atoms in total. The van der Waals surface area contributed by atoms with Gasteiger partial charge in [0.15, 0.2) is 0 Å². The standard InChI is InChI=1S/C10H19N3O3/c1-6(10(11)16)5-12-9(15)4-7(2)13-8(3)14/h6-7H,4-5H2,1-3H3,(H2,11,16)(H,12,15)(H,13,14)/t6-,7-/m1/s1. The van der Waals surface area contributed by atoms with Gasteiger partial charge in [0, 0.05) is 25.9 Å². The zero-order valence-corrected chi connectivity index (χ0v) is 9.87. The Kier molecular flexibility index (Phi) is 6.14. The lowest BCUT2D eigenvalue weighted by Gasteiger charge is -2.13. The molecular formula is C10H19N3O3.